The number of nitro groups is 1. The second-order valence-electron chi connectivity index (χ2n) is 5.18. The number of nitrogens with zero attached hydrogens (tertiary/aromatic N) is 1. The fourth-order valence-corrected chi connectivity index (χ4v) is 3.71. The van der Waals surface area contributed by atoms with E-state index in [0.29, 0.717) is 18.7 Å². The summed E-state index contributed by atoms with van der Waals surface area (Å²) in [5.74, 6) is 0. The highest BCUT2D eigenvalue weighted by atomic mass is 35.5. The lowest BCUT2D eigenvalue weighted by molar-refractivity contribution is -0.384. The molecule has 2 aromatic carbocycles. The summed E-state index contributed by atoms with van der Waals surface area (Å²) < 4.78 is 26.8. The Kier molecular flexibility index (Phi) is 7.08. The zero-order valence-corrected chi connectivity index (χ0v) is 16.3. The summed E-state index contributed by atoms with van der Waals surface area (Å²) in [7, 11) is -3.69. The van der Waals surface area contributed by atoms with E-state index in [9.17, 15) is 18.5 Å². The molecular formula is C15H14Cl3N3O4S. The Morgan fingerprint density at radius 3 is 2.31 bits per heavy atom. The molecule has 11 heteroatoms. The molecule has 2 rings (SSSR count). The van der Waals surface area contributed by atoms with Gasteiger partial charge in [0.05, 0.1) is 30.6 Å². The number of non-ortho nitro benzene ring substituents is 1. The molecule has 140 valence electrons. The number of hydrogen-bond donors (Lipinski definition) is 2. The molecule has 0 aliphatic heterocycles. The molecule has 0 spiro atoms. The van der Waals surface area contributed by atoms with Gasteiger partial charge < -0.3 is 5.32 Å². The summed E-state index contributed by atoms with van der Waals surface area (Å²) in [6, 6.07) is 8.14. The number of rotatable bonds is 8. The molecule has 2 N–H and O–H groups in total. The van der Waals surface area contributed by atoms with Gasteiger partial charge in [0.15, 0.2) is 0 Å². The molecule has 2 aromatic rings. The van der Waals surface area contributed by atoms with Gasteiger partial charge in [-0.15, -0.1) is 0 Å². The molecule has 0 atom stereocenters. The molecule has 0 unspecified atom stereocenters. The smallest absolute Gasteiger partial charge is 0.271 e. The van der Waals surface area contributed by atoms with Crippen LogP contribution in [0.5, 0.6) is 0 Å². The van der Waals surface area contributed by atoms with E-state index < -0.39 is 14.9 Å². The topological polar surface area (TPSA) is 101 Å². The monoisotopic (exact) mass is 437 g/mol. The van der Waals surface area contributed by atoms with E-state index in [1.54, 1.807) is 0 Å². The quantitative estimate of drug-likeness (QED) is 0.363. The van der Waals surface area contributed by atoms with Gasteiger partial charge in [-0.3, -0.25) is 10.1 Å². The van der Waals surface area contributed by atoms with Crippen LogP contribution < -0.4 is 10.0 Å². The Morgan fingerprint density at radius 2 is 1.69 bits per heavy atom. The van der Waals surface area contributed by atoms with Crippen LogP contribution in [0, 0.1) is 10.1 Å². The van der Waals surface area contributed by atoms with Gasteiger partial charge in [-0.25, -0.2) is 13.1 Å². The average Bonchev–Trinajstić information content (AvgIpc) is 2.57. The molecule has 0 aliphatic rings. The van der Waals surface area contributed by atoms with E-state index in [2.05, 4.69) is 10.0 Å². The van der Waals surface area contributed by atoms with Crippen molar-refractivity contribution in [3.05, 3.63) is 61.6 Å². The van der Waals surface area contributed by atoms with Crippen LogP contribution in [0.1, 0.15) is 6.42 Å². The Morgan fingerprint density at radius 1 is 0.962 bits per heavy atom. The molecule has 26 heavy (non-hydrogen) atoms. The van der Waals surface area contributed by atoms with E-state index in [-0.39, 0.29) is 32.2 Å². The minimum absolute atomic E-state index is 0.0262. The van der Waals surface area contributed by atoms with Crippen LogP contribution in [0.2, 0.25) is 15.1 Å². The first-order valence-electron chi connectivity index (χ1n) is 7.33. The summed E-state index contributed by atoms with van der Waals surface area (Å²) >= 11 is 17.6. The number of hydrogen-bond acceptors (Lipinski definition) is 5. The van der Waals surface area contributed by atoms with Crippen molar-refractivity contribution in [2.45, 2.75) is 11.3 Å². The van der Waals surface area contributed by atoms with Crippen molar-refractivity contribution in [3.63, 3.8) is 0 Å². The van der Waals surface area contributed by atoms with Crippen molar-refractivity contribution in [2.75, 3.05) is 18.4 Å². The molecular weight excluding hydrogens is 425 g/mol. The SMILES string of the molecule is O=[N+]([O-])c1ccc(NCCCNS(=O)(=O)c2ccc(Cl)c(Cl)c2)c(Cl)c1. The summed E-state index contributed by atoms with van der Waals surface area (Å²) in [6.07, 6.45) is 0.466. The van der Waals surface area contributed by atoms with Gasteiger partial charge >= 0.3 is 0 Å². The molecule has 0 heterocycles. The molecule has 7 nitrogen and oxygen atoms in total. The van der Waals surface area contributed by atoms with Crippen molar-refractivity contribution in [1.82, 2.24) is 4.72 Å². The second-order valence-corrected chi connectivity index (χ2v) is 8.16. The van der Waals surface area contributed by atoms with Crippen LogP contribution in [-0.4, -0.2) is 26.4 Å². The maximum atomic E-state index is 12.2. The lowest BCUT2D eigenvalue weighted by atomic mass is 10.2. The summed E-state index contributed by atoms with van der Waals surface area (Å²) in [5, 5.41) is 14.3. The van der Waals surface area contributed by atoms with E-state index in [4.69, 9.17) is 34.8 Å². The minimum atomic E-state index is -3.69. The fourth-order valence-electron chi connectivity index (χ4n) is 2.01. The number of benzene rings is 2. The third-order valence-electron chi connectivity index (χ3n) is 3.33. The first-order chi connectivity index (χ1) is 12.2. The van der Waals surface area contributed by atoms with Crippen LogP contribution in [0.4, 0.5) is 11.4 Å². The van der Waals surface area contributed by atoms with Crippen LogP contribution in [-0.2, 0) is 10.0 Å². The predicted octanol–water partition coefficient (Wildman–Crippen LogP) is 4.34. The number of halogens is 3. The highest BCUT2D eigenvalue weighted by molar-refractivity contribution is 7.89. The second kappa shape index (κ2) is 8.88. The molecule has 0 radical (unpaired) electrons. The van der Waals surface area contributed by atoms with Gasteiger partial charge in [0, 0.05) is 25.2 Å². The maximum Gasteiger partial charge on any atom is 0.271 e. The molecule has 0 saturated carbocycles. The summed E-state index contributed by atoms with van der Waals surface area (Å²) in [5.41, 5.74) is 0.430. The molecule has 0 aliphatic carbocycles. The third-order valence-corrected chi connectivity index (χ3v) is 5.84. The van der Waals surface area contributed by atoms with Crippen molar-refractivity contribution >= 4 is 56.2 Å². The number of sulfonamides is 1. The van der Waals surface area contributed by atoms with Crippen molar-refractivity contribution in [2.24, 2.45) is 0 Å². The number of anilines is 1. The zero-order chi connectivity index (χ0) is 19.3. The molecule has 0 amide bonds. The van der Waals surface area contributed by atoms with Gasteiger partial charge in [0.1, 0.15) is 0 Å². The predicted molar refractivity (Wildman–Crippen MR) is 103 cm³/mol. The number of nitro benzene ring substituents is 1. The van der Waals surface area contributed by atoms with E-state index in [1.165, 1.54) is 36.4 Å². The van der Waals surface area contributed by atoms with E-state index >= 15 is 0 Å². The van der Waals surface area contributed by atoms with Gasteiger partial charge in [-0.05, 0) is 30.7 Å². The molecule has 0 aromatic heterocycles. The third kappa shape index (κ3) is 5.46. The standard InChI is InChI=1S/C15H14Cl3N3O4S/c16-12-4-3-11(9-13(12)17)26(24,25)20-7-1-6-19-15-5-2-10(21(22)23)8-14(15)18/h2-5,8-9,19-20H,1,6-7H2. The molecule has 0 saturated heterocycles. The van der Waals surface area contributed by atoms with Crippen molar-refractivity contribution < 1.29 is 13.3 Å². The summed E-state index contributed by atoms with van der Waals surface area (Å²) in [6.45, 7) is 0.599. The van der Waals surface area contributed by atoms with Gasteiger partial charge in [-0.1, -0.05) is 34.8 Å². The van der Waals surface area contributed by atoms with Crippen LogP contribution >= 0.6 is 34.8 Å². The van der Waals surface area contributed by atoms with Crippen molar-refractivity contribution in [3.8, 4) is 0 Å². The Hall–Kier alpha value is -1.58. The lowest BCUT2D eigenvalue weighted by Gasteiger charge is -2.10. The Bertz CT molecular complexity index is 922. The first kappa shape index (κ1) is 20.7. The van der Waals surface area contributed by atoms with E-state index in [1.807, 2.05) is 0 Å². The van der Waals surface area contributed by atoms with Gasteiger partial charge in [0.25, 0.3) is 5.69 Å². The lowest BCUT2D eigenvalue weighted by Crippen LogP contribution is -2.26. The first-order valence-corrected chi connectivity index (χ1v) is 9.95. The number of nitrogens with one attached hydrogen (secondary N) is 2. The normalized spacial score (nSPS) is 11.3. The maximum absolute atomic E-state index is 12.2. The van der Waals surface area contributed by atoms with Gasteiger partial charge in [0.2, 0.25) is 10.0 Å². The zero-order valence-electron chi connectivity index (χ0n) is 13.2. The van der Waals surface area contributed by atoms with E-state index in [0.717, 1.165) is 0 Å². The molecule has 0 bridgehead atoms. The van der Waals surface area contributed by atoms with Gasteiger partial charge in [-0.2, -0.15) is 0 Å². The summed E-state index contributed by atoms with van der Waals surface area (Å²) in [4.78, 5) is 10.2. The largest absolute Gasteiger partial charge is 0.384 e. The average molecular weight is 439 g/mol. The Balaban J connectivity index is 1.85. The van der Waals surface area contributed by atoms with Crippen LogP contribution in [0.3, 0.4) is 0 Å². The Labute approximate surface area is 165 Å². The van der Waals surface area contributed by atoms with Crippen molar-refractivity contribution in [1.29, 1.82) is 0 Å². The van der Waals surface area contributed by atoms with Crippen LogP contribution in [0.15, 0.2) is 41.3 Å². The van der Waals surface area contributed by atoms with Crippen LogP contribution in [0.25, 0.3) is 0 Å². The molecule has 0 fully saturated rings. The highest BCUT2D eigenvalue weighted by Crippen LogP contribution is 2.27. The highest BCUT2D eigenvalue weighted by Gasteiger charge is 2.15. The fraction of sp³-hybridized carbons (Fsp3) is 0.200. The minimum Gasteiger partial charge on any atom is -0.384 e.